The molecule has 0 amide bonds. The predicted molar refractivity (Wildman–Crippen MR) is 210 cm³/mol. The molecule has 0 radical (unpaired) electrons. The second kappa shape index (κ2) is 20.0. The average molecular weight is 743 g/mol. The summed E-state index contributed by atoms with van der Waals surface area (Å²) in [7, 11) is 4.06. The first-order valence-corrected chi connectivity index (χ1v) is 18.3. The Kier molecular flexibility index (Phi) is 15.2. The van der Waals surface area contributed by atoms with Gasteiger partial charge in [-0.1, -0.05) is 63.4 Å². The number of nitrogen functional groups attached to an aromatic ring is 2. The third kappa shape index (κ3) is 10.7. The maximum absolute atomic E-state index is 13.4. The monoisotopic (exact) mass is 742 g/mol. The van der Waals surface area contributed by atoms with Crippen molar-refractivity contribution in [2.75, 3.05) is 56.5 Å². The Hall–Kier alpha value is -5.66. The van der Waals surface area contributed by atoms with E-state index in [9.17, 15) is 9.59 Å². The number of unbranched alkanes of at least 4 members (excludes halogenated alkanes) is 3. The van der Waals surface area contributed by atoms with E-state index in [1.165, 1.54) is 14.2 Å². The first kappa shape index (κ1) is 41.1. The molecule has 14 nitrogen and oxygen atoms in total. The molecule has 2 heterocycles. The van der Waals surface area contributed by atoms with Crippen LogP contribution in [0.3, 0.4) is 0 Å². The van der Waals surface area contributed by atoms with Crippen LogP contribution >= 0.6 is 0 Å². The molecular formula is C40H54N8O6. The van der Waals surface area contributed by atoms with E-state index in [0.29, 0.717) is 41.5 Å². The highest BCUT2D eigenvalue weighted by molar-refractivity contribution is 5.88. The van der Waals surface area contributed by atoms with Crippen LogP contribution in [0.4, 0.5) is 23.5 Å². The van der Waals surface area contributed by atoms with E-state index < -0.39 is 24.0 Å². The second-order valence-corrected chi connectivity index (χ2v) is 13.0. The van der Waals surface area contributed by atoms with E-state index >= 15 is 0 Å². The minimum absolute atomic E-state index is 0.198. The maximum atomic E-state index is 13.4. The fourth-order valence-electron chi connectivity index (χ4n) is 6.17. The Morgan fingerprint density at radius 2 is 1.30 bits per heavy atom. The summed E-state index contributed by atoms with van der Waals surface area (Å²) in [6.45, 7) is 9.59. The molecule has 0 fully saturated rings. The number of nitrogens with two attached hydrogens (primary N) is 2. The van der Waals surface area contributed by atoms with E-state index in [0.717, 1.165) is 78.8 Å². The molecule has 54 heavy (non-hydrogen) atoms. The molecule has 2 unspecified atom stereocenters. The summed E-state index contributed by atoms with van der Waals surface area (Å²) in [4.78, 5) is 44.4. The number of rotatable bonds is 20. The van der Waals surface area contributed by atoms with Crippen molar-refractivity contribution < 1.29 is 28.5 Å². The van der Waals surface area contributed by atoms with Crippen molar-refractivity contribution in [3.63, 3.8) is 0 Å². The maximum Gasteiger partial charge on any atom is 0.348 e. The number of methoxy groups -OCH3 is 3. The molecule has 0 bridgehead atoms. The first-order valence-electron chi connectivity index (χ1n) is 18.3. The van der Waals surface area contributed by atoms with Crippen molar-refractivity contribution in [1.82, 2.24) is 19.9 Å². The minimum atomic E-state index is -1.38. The van der Waals surface area contributed by atoms with Crippen LogP contribution in [-0.2, 0) is 31.9 Å². The lowest BCUT2D eigenvalue weighted by molar-refractivity contribution is -0.157. The lowest BCUT2D eigenvalue weighted by Crippen LogP contribution is -2.39. The molecule has 0 aliphatic heterocycles. The molecule has 2 atom stereocenters. The average Bonchev–Trinajstić information content (AvgIpc) is 3.16. The van der Waals surface area contributed by atoms with Crippen molar-refractivity contribution in [3.05, 3.63) is 81.7 Å². The van der Waals surface area contributed by atoms with Gasteiger partial charge in [0, 0.05) is 54.5 Å². The SMILES string of the molecule is CCCCCNc1nc(N)nc(C)c1Cc1ccc(OC(C(=O)OC)C(C(=O)OC)c2ccc(Cc3c(C)nc(N)nc3NCCCC)cc2)cc1OC. The van der Waals surface area contributed by atoms with Crippen LogP contribution in [0.5, 0.6) is 11.5 Å². The van der Waals surface area contributed by atoms with Gasteiger partial charge < -0.3 is 41.0 Å². The quantitative estimate of drug-likeness (QED) is 0.0614. The van der Waals surface area contributed by atoms with E-state index in [-0.39, 0.29) is 11.9 Å². The largest absolute Gasteiger partial charge is 0.496 e. The number of anilines is 4. The summed E-state index contributed by atoms with van der Waals surface area (Å²) in [5, 5.41) is 6.80. The molecule has 0 aliphatic carbocycles. The molecule has 4 aromatic rings. The van der Waals surface area contributed by atoms with Crippen LogP contribution in [-0.4, -0.2) is 72.4 Å². The molecule has 0 saturated heterocycles. The summed E-state index contributed by atoms with van der Waals surface area (Å²) in [5.74, 6) is 0.0248. The number of aromatic nitrogens is 4. The van der Waals surface area contributed by atoms with Crippen LogP contribution in [0.15, 0.2) is 42.5 Å². The Morgan fingerprint density at radius 1 is 0.722 bits per heavy atom. The molecular weight excluding hydrogens is 688 g/mol. The highest BCUT2D eigenvalue weighted by Gasteiger charge is 2.39. The lowest BCUT2D eigenvalue weighted by atomic mass is 9.91. The zero-order valence-corrected chi connectivity index (χ0v) is 32.5. The van der Waals surface area contributed by atoms with Gasteiger partial charge in [-0.2, -0.15) is 9.97 Å². The molecule has 0 saturated carbocycles. The van der Waals surface area contributed by atoms with Gasteiger partial charge in [-0.3, -0.25) is 4.79 Å². The number of ether oxygens (including phenoxy) is 4. The second-order valence-electron chi connectivity index (χ2n) is 13.0. The summed E-state index contributed by atoms with van der Waals surface area (Å²) < 4.78 is 22.4. The number of carbonyl (C=O) groups excluding carboxylic acids is 2. The Bertz CT molecular complexity index is 1870. The standard InChI is InChI=1S/C40H54N8O6/c1-8-10-12-20-44-36-31(25(4)46-40(42)48-36)22-28-17-18-29(23-32(28)51-5)54-34(38(50)53-7)33(37(49)52-6)27-15-13-26(14-16-27)21-30-24(3)45-39(41)47-35(30)43-19-11-9-2/h13-18,23,33-34H,8-12,19-22H2,1-7H3,(H3,41,43,45,47)(H3,42,44,46,48). The molecule has 290 valence electrons. The zero-order chi connectivity index (χ0) is 39.2. The van der Waals surface area contributed by atoms with E-state index in [1.807, 2.05) is 32.0 Å². The predicted octanol–water partition coefficient (Wildman–Crippen LogP) is 5.93. The van der Waals surface area contributed by atoms with Crippen LogP contribution < -0.4 is 31.6 Å². The van der Waals surface area contributed by atoms with Gasteiger partial charge in [0.05, 0.1) is 21.3 Å². The number of nitrogens with one attached hydrogen (secondary N) is 2. The summed E-state index contributed by atoms with van der Waals surface area (Å²) in [6, 6.07) is 12.6. The Balaban J connectivity index is 1.61. The summed E-state index contributed by atoms with van der Waals surface area (Å²) >= 11 is 0. The molecule has 14 heteroatoms. The fourth-order valence-corrected chi connectivity index (χ4v) is 6.17. The highest BCUT2D eigenvalue weighted by Crippen LogP contribution is 2.33. The van der Waals surface area contributed by atoms with Gasteiger partial charge in [0.1, 0.15) is 29.1 Å². The number of esters is 2. The van der Waals surface area contributed by atoms with Crippen molar-refractivity contribution in [3.8, 4) is 11.5 Å². The zero-order valence-electron chi connectivity index (χ0n) is 32.5. The topological polar surface area (TPSA) is 199 Å². The number of hydrogen-bond donors (Lipinski definition) is 4. The number of hydrogen-bond acceptors (Lipinski definition) is 14. The van der Waals surface area contributed by atoms with Gasteiger partial charge in [-0.05, 0) is 49.4 Å². The van der Waals surface area contributed by atoms with E-state index in [2.05, 4.69) is 44.4 Å². The fraction of sp³-hybridized carbons (Fsp3) is 0.450. The van der Waals surface area contributed by atoms with Crippen LogP contribution in [0.1, 0.15) is 91.1 Å². The van der Waals surface area contributed by atoms with Gasteiger partial charge in [-0.25, -0.2) is 14.8 Å². The number of aryl methyl sites for hydroxylation is 2. The Morgan fingerprint density at radius 3 is 1.85 bits per heavy atom. The van der Waals surface area contributed by atoms with Crippen LogP contribution in [0.2, 0.25) is 0 Å². The molecule has 0 spiro atoms. The van der Waals surface area contributed by atoms with Crippen LogP contribution in [0, 0.1) is 13.8 Å². The van der Waals surface area contributed by atoms with Crippen molar-refractivity contribution in [2.45, 2.75) is 84.7 Å². The lowest BCUT2D eigenvalue weighted by Gasteiger charge is -2.25. The summed E-state index contributed by atoms with van der Waals surface area (Å²) in [6.07, 6.45) is 4.83. The smallest absolute Gasteiger partial charge is 0.348 e. The summed E-state index contributed by atoms with van der Waals surface area (Å²) in [5.41, 5.74) is 17.6. The van der Waals surface area contributed by atoms with Gasteiger partial charge >= 0.3 is 11.9 Å². The molecule has 6 N–H and O–H groups in total. The van der Waals surface area contributed by atoms with E-state index in [1.54, 1.807) is 31.4 Å². The van der Waals surface area contributed by atoms with Crippen molar-refractivity contribution in [1.29, 1.82) is 0 Å². The third-order valence-corrected chi connectivity index (χ3v) is 9.16. The van der Waals surface area contributed by atoms with Gasteiger partial charge in [0.25, 0.3) is 0 Å². The number of benzene rings is 2. The van der Waals surface area contributed by atoms with Gasteiger partial charge in [0.15, 0.2) is 0 Å². The van der Waals surface area contributed by atoms with Gasteiger partial charge in [0.2, 0.25) is 18.0 Å². The highest BCUT2D eigenvalue weighted by atomic mass is 16.6. The number of nitrogens with zero attached hydrogens (tertiary/aromatic N) is 4. The third-order valence-electron chi connectivity index (χ3n) is 9.16. The van der Waals surface area contributed by atoms with Crippen molar-refractivity contribution >= 4 is 35.5 Å². The van der Waals surface area contributed by atoms with Crippen LogP contribution in [0.25, 0.3) is 0 Å². The molecule has 2 aromatic carbocycles. The molecule has 0 aliphatic rings. The number of carbonyl (C=O) groups is 2. The van der Waals surface area contributed by atoms with Gasteiger partial charge in [-0.15, -0.1) is 0 Å². The normalized spacial score (nSPS) is 12.1. The molecule has 2 aromatic heterocycles. The first-order chi connectivity index (χ1) is 26.0. The van der Waals surface area contributed by atoms with E-state index in [4.69, 9.17) is 30.4 Å². The minimum Gasteiger partial charge on any atom is -0.496 e. The Labute approximate surface area is 317 Å². The van der Waals surface area contributed by atoms with Crippen molar-refractivity contribution in [2.24, 2.45) is 0 Å². The molecule has 4 rings (SSSR count).